The predicted molar refractivity (Wildman–Crippen MR) is 279 cm³/mol. The molecule has 2 rings (SSSR count). The van der Waals surface area contributed by atoms with E-state index >= 15 is 0 Å². The van der Waals surface area contributed by atoms with Gasteiger partial charge in [0.05, 0.1) is 19.2 Å². The Balaban J connectivity index is 2.19. The van der Waals surface area contributed by atoms with Crippen LogP contribution in [0.25, 0.3) is 0 Å². The van der Waals surface area contributed by atoms with Gasteiger partial charge in [0.2, 0.25) is 59.1 Å². The van der Waals surface area contributed by atoms with Crippen LogP contribution >= 0.6 is 0 Å². The number of hydrogen-bond donors (Lipinski definition) is 16. The molecule has 0 aromatic heterocycles. The van der Waals surface area contributed by atoms with E-state index in [1.807, 2.05) is 0 Å². The van der Waals surface area contributed by atoms with Crippen molar-refractivity contribution in [3.63, 3.8) is 0 Å². The van der Waals surface area contributed by atoms with Crippen LogP contribution in [0.1, 0.15) is 97.5 Å². The van der Waals surface area contributed by atoms with Gasteiger partial charge in [-0.1, -0.05) is 44.2 Å². The summed E-state index contributed by atoms with van der Waals surface area (Å²) in [6.45, 7) is 5.56. The normalized spacial score (nSPS) is 17.4. The number of aliphatic hydroxyl groups excluding tert-OH is 1. The zero-order valence-corrected chi connectivity index (χ0v) is 43.9. The highest BCUT2D eigenvalue weighted by molar-refractivity contribution is 5.98. The molecular formula is C49H85N15O11. The third kappa shape index (κ3) is 24.7. The van der Waals surface area contributed by atoms with Crippen molar-refractivity contribution in [2.75, 3.05) is 45.8 Å². The van der Waals surface area contributed by atoms with Crippen molar-refractivity contribution >= 4 is 59.1 Å². The van der Waals surface area contributed by atoms with Gasteiger partial charge in [-0.25, -0.2) is 0 Å². The van der Waals surface area contributed by atoms with Crippen molar-refractivity contribution in [2.45, 2.75) is 153 Å². The monoisotopic (exact) mass is 1060 g/mol. The Kier molecular flexibility index (Phi) is 30.3. The van der Waals surface area contributed by atoms with Crippen molar-refractivity contribution in [1.82, 2.24) is 53.2 Å². The molecule has 1 aliphatic carbocycles. The minimum atomic E-state index is -1.34. The van der Waals surface area contributed by atoms with Crippen LogP contribution in [-0.2, 0) is 54.4 Å². The highest BCUT2D eigenvalue weighted by Crippen LogP contribution is 2.25. The van der Waals surface area contributed by atoms with E-state index in [4.69, 9.17) is 28.7 Å². The molecule has 26 nitrogen and oxygen atoms in total. The molecule has 1 saturated carbocycles. The molecule has 1 aromatic carbocycles. The maximum absolute atomic E-state index is 14.3. The Morgan fingerprint density at radius 1 is 0.520 bits per heavy atom. The third-order valence-corrected chi connectivity index (χ3v) is 12.3. The van der Waals surface area contributed by atoms with Gasteiger partial charge in [-0.3, -0.25) is 47.9 Å². The smallest absolute Gasteiger partial charge is 0.245 e. The summed E-state index contributed by atoms with van der Waals surface area (Å²) in [5, 5.41) is 35.7. The molecule has 2 unspecified atom stereocenters. The minimum Gasteiger partial charge on any atom is -0.391 e. The second-order valence-corrected chi connectivity index (χ2v) is 19.2. The maximum Gasteiger partial charge on any atom is 0.245 e. The van der Waals surface area contributed by atoms with E-state index in [9.17, 15) is 53.1 Å². The fourth-order valence-corrected chi connectivity index (χ4v) is 8.22. The van der Waals surface area contributed by atoms with Crippen molar-refractivity contribution in [2.24, 2.45) is 40.5 Å². The predicted octanol–water partition coefficient (Wildman–Crippen LogP) is -5.28. The second-order valence-electron chi connectivity index (χ2n) is 19.2. The summed E-state index contributed by atoms with van der Waals surface area (Å²) in [4.78, 5) is 133. The highest BCUT2D eigenvalue weighted by Gasteiger charge is 2.35. The first kappa shape index (κ1) is 64.8. The summed E-state index contributed by atoms with van der Waals surface area (Å²) in [5.41, 5.74) is 29.7. The zero-order valence-electron chi connectivity index (χ0n) is 43.9. The molecule has 1 aromatic rings. The molecule has 1 fully saturated rings. The zero-order chi connectivity index (χ0) is 56.0. The number of hydrogen-bond acceptors (Lipinski definition) is 16. The van der Waals surface area contributed by atoms with Crippen molar-refractivity contribution < 1.29 is 53.1 Å². The number of rotatable bonds is 34. The molecule has 0 radical (unpaired) electrons. The Hall–Kier alpha value is -6.32. The number of likely N-dealkylation sites (N-methyl/N-ethyl adjacent to an activating group) is 1. The van der Waals surface area contributed by atoms with Gasteiger partial charge in [0.1, 0.15) is 42.3 Å². The molecule has 0 aliphatic heterocycles. The molecule has 75 heavy (non-hydrogen) atoms. The first-order chi connectivity index (χ1) is 35.7. The van der Waals surface area contributed by atoms with Gasteiger partial charge in [0.15, 0.2) is 0 Å². The number of benzene rings is 1. The van der Waals surface area contributed by atoms with Crippen LogP contribution in [0.5, 0.6) is 0 Å². The van der Waals surface area contributed by atoms with Crippen LogP contribution in [0.4, 0.5) is 0 Å². The molecule has 1 aliphatic rings. The van der Waals surface area contributed by atoms with Crippen molar-refractivity contribution in [1.29, 1.82) is 0 Å². The van der Waals surface area contributed by atoms with E-state index in [-0.39, 0.29) is 108 Å². The molecule has 10 amide bonds. The summed E-state index contributed by atoms with van der Waals surface area (Å²) in [6.07, 6.45) is 2.01. The van der Waals surface area contributed by atoms with Crippen LogP contribution in [0, 0.1) is 11.8 Å². The largest absolute Gasteiger partial charge is 0.391 e. The third-order valence-electron chi connectivity index (χ3n) is 12.3. The lowest BCUT2D eigenvalue weighted by Gasteiger charge is -2.28. The Bertz CT molecular complexity index is 2010. The van der Waals surface area contributed by atoms with E-state index in [1.54, 1.807) is 51.1 Å². The number of nitrogens with two attached hydrogens (primary N) is 5. The standard InChI is InChI=1S/C49H85N15O11/c1-5-55-49(75)42(29(4)65)64-46(72)36(18-22-53)60-45(71)35(17-21-52)61-47(73)37(23-28(2)3)62-48(74)38(24-30-9-7-6-8-10-30)63-44(70)34(16-20-51)59-41(68)27-57-43(69)33(15-19-50)58-40(67)26-56-39(66)25-31-11-13-32(54)14-12-31/h6-10,28-29,31-38,42,65H,5,11-27,50-54H2,1-4H3,(H,55,75)(H,56,66)(H,57,69)(H,58,67)(H,59,68)(H,60,71)(H,61,73)(H,62,74)(H,63,70)(H,64,72)/t29?,31-,32+,33-,34-,35-,36-,37-,38+,42?/m0/s1. The summed E-state index contributed by atoms with van der Waals surface area (Å²) < 4.78 is 0. The van der Waals surface area contributed by atoms with E-state index < -0.39 is 108 Å². The Labute approximate surface area is 439 Å². The quantitative estimate of drug-likeness (QED) is 0.0307. The molecule has 21 N–H and O–H groups in total. The molecule has 26 heteroatoms. The minimum absolute atomic E-state index is 0.000166. The van der Waals surface area contributed by atoms with Crippen LogP contribution in [0.2, 0.25) is 0 Å². The van der Waals surface area contributed by atoms with Crippen molar-refractivity contribution in [3.05, 3.63) is 35.9 Å². The maximum atomic E-state index is 14.3. The first-order valence-corrected chi connectivity index (χ1v) is 25.9. The molecule has 0 spiro atoms. The number of nitrogens with one attached hydrogen (secondary N) is 10. The summed E-state index contributed by atoms with van der Waals surface area (Å²) in [6, 6.07) is -0.227. The topological polar surface area (TPSA) is 441 Å². The molecule has 0 bridgehead atoms. The van der Waals surface area contributed by atoms with Crippen LogP contribution < -0.4 is 81.8 Å². The van der Waals surface area contributed by atoms with E-state index in [2.05, 4.69) is 53.2 Å². The first-order valence-electron chi connectivity index (χ1n) is 25.9. The lowest BCUT2D eigenvalue weighted by molar-refractivity contribution is -0.136. The van der Waals surface area contributed by atoms with E-state index in [0.717, 1.165) is 25.7 Å². The average Bonchev–Trinajstić information content (AvgIpc) is 3.36. The number of carbonyl (C=O) groups excluding carboxylic acids is 10. The summed E-state index contributed by atoms with van der Waals surface area (Å²) >= 11 is 0. The van der Waals surface area contributed by atoms with Crippen LogP contribution in [0.3, 0.4) is 0 Å². The second kappa shape index (κ2) is 35.0. The fourth-order valence-electron chi connectivity index (χ4n) is 8.22. The SMILES string of the molecule is CCNC(=O)C(NC(=O)[C@H](CCN)NC(=O)[C@H](CCN)NC(=O)[C@H](CC(C)C)NC(=O)[C@@H](Cc1ccccc1)NC(=O)[C@H](CCN)NC(=O)CNC(=O)[C@H](CCN)NC(=O)CNC(=O)C[C@H]1CC[C@@H](N)CC1)C(C)O. The molecular weight excluding hydrogens is 975 g/mol. The van der Waals surface area contributed by atoms with E-state index in [0.29, 0.717) is 5.56 Å². The Morgan fingerprint density at radius 2 is 0.947 bits per heavy atom. The number of carbonyl (C=O) groups is 10. The summed E-state index contributed by atoms with van der Waals surface area (Å²) in [7, 11) is 0. The average molecular weight is 1060 g/mol. The van der Waals surface area contributed by atoms with Crippen molar-refractivity contribution in [3.8, 4) is 0 Å². The van der Waals surface area contributed by atoms with Gasteiger partial charge < -0.3 is 86.9 Å². The molecule has 422 valence electrons. The highest BCUT2D eigenvalue weighted by atomic mass is 16.3. The summed E-state index contributed by atoms with van der Waals surface area (Å²) in [5.74, 6) is -7.19. The fraction of sp³-hybridized carbons (Fsp3) is 0.673. The van der Waals surface area contributed by atoms with Gasteiger partial charge in [0.25, 0.3) is 0 Å². The molecule has 0 saturated heterocycles. The van der Waals surface area contributed by atoms with Gasteiger partial charge in [-0.15, -0.1) is 0 Å². The van der Waals surface area contributed by atoms with Gasteiger partial charge >= 0.3 is 0 Å². The van der Waals surface area contributed by atoms with E-state index in [1.165, 1.54) is 6.92 Å². The molecule has 8 atom stereocenters. The lowest BCUT2D eigenvalue weighted by atomic mass is 9.84. The van der Waals surface area contributed by atoms with Gasteiger partial charge in [-0.05, 0) is 115 Å². The Morgan fingerprint density at radius 3 is 1.43 bits per heavy atom. The van der Waals surface area contributed by atoms with Gasteiger partial charge in [0, 0.05) is 25.4 Å². The van der Waals surface area contributed by atoms with Crippen LogP contribution in [0.15, 0.2) is 30.3 Å². The van der Waals surface area contributed by atoms with Crippen LogP contribution in [-0.4, -0.2) is 164 Å². The molecule has 0 heterocycles. The van der Waals surface area contributed by atoms with Gasteiger partial charge in [-0.2, -0.15) is 0 Å². The number of amides is 10. The lowest BCUT2D eigenvalue weighted by Crippen LogP contribution is -2.61. The number of aliphatic hydroxyl groups is 1.